The van der Waals surface area contributed by atoms with Crippen molar-refractivity contribution >= 4 is 22.9 Å². The molecule has 22 heavy (non-hydrogen) atoms. The number of hydrogen-bond acceptors (Lipinski definition) is 4. The summed E-state index contributed by atoms with van der Waals surface area (Å²) in [6.45, 7) is 5.75. The van der Waals surface area contributed by atoms with Gasteiger partial charge in [0.15, 0.2) is 0 Å². The van der Waals surface area contributed by atoms with E-state index in [4.69, 9.17) is 4.52 Å². The van der Waals surface area contributed by atoms with E-state index in [-0.39, 0.29) is 5.91 Å². The van der Waals surface area contributed by atoms with Gasteiger partial charge in [0.2, 0.25) is 0 Å². The number of thiophene rings is 1. The summed E-state index contributed by atoms with van der Waals surface area (Å²) in [6, 6.07) is 11.5. The van der Waals surface area contributed by atoms with E-state index in [2.05, 4.69) is 10.5 Å². The molecule has 3 rings (SSSR count). The lowest BCUT2D eigenvalue weighted by Gasteiger charge is -2.06. The van der Waals surface area contributed by atoms with E-state index < -0.39 is 0 Å². The van der Waals surface area contributed by atoms with E-state index in [0.29, 0.717) is 4.88 Å². The van der Waals surface area contributed by atoms with Crippen LogP contribution >= 0.6 is 11.3 Å². The number of para-hydroxylation sites is 1. The number of carbonyl (C=O) groups is 1. The van der Waals surface area contributed by atoms with Crippen LogP contribution in [0.3, 0.4) is 0 Å². The highest BCUT2D eigenvalue weighted by Gasteiger charge is 2.16. The maximum absolute atomic E-state index is 12.4. The molecule has 0 fully saturated rings. The van der Waals surface area contributed by atoms with Crippen molar-refractivity contribution in [2.75, 3.05) is 5.32 Å². The van der Waals surface area contributed by atoms with Gasteiger partial charge in [0.05, 0.1) is 16.1 Å². The third-order valence-electron chi connectivity index (χ3n) is 3.50. The first-order valence-electron chi connectivity index (χ1n) is 6.96. The summed E-state index contributed by atoms with van der Waals surface area (Å²) in [6.07, 6.45) is 0. The zero-order chi connectivity index (χ0) is 15.7. The molecule has 0 saturated heterocycles. The standard InChI is InChI=1S/C17H16N2O2S/c1-10-6-4-5-7-13(10)18-17(20)15-9-8-14(22-15)16-11(2)19-21-12(16)3/h4-9H,1-3H3,(H,18,20). The Hall–Kier alpha value is -2.40. The molecule has 1 amide bonds. The van der Waals surface area contributed by atoms with Crippen LogP contribution in [0.2, 0.25) is 0 Å². The fraction of sp³-hybridized carbons (Fsp3) is 0.176. The van der Waals surface area contributed by atoms with Crippen LogP contribution in [0.5, 0.6) is 0 Å². The minimum atomic E-state index is -0.0997. The molecule has 0 aliphatic carbocycles. The van der Waals surface area contributed by atoms with Crippen LogP contribution in [-0.4, -0.2) is 11.1 Å². The van der Waals surface area contributed by atoms with E-state index in [0.717, 1.165) is 33.1 Å². The van der Waals surface area contributed by atoms with Crippen molar-refractivity contribution in [2.24, 2.45) is 0 Å². The Balaban J connectivity index is 1.85. The van der Waals surface area contributed by atoms with E-state index in [9.17, 15) is 4.79 Å². The van der Waals surface area contributed by atoms with Crippen molar-refractivity contribution < 1.29 is 9.32 Å². The molecule has 1 N–H and O–H groups in total. The minimum absolute atomic E-state index is 0.0997. The van der Waals surface area contributed by atoms with Crippen LogP contribution in [0, 0.1) is 20.8 Å². The lowest BCUT2D eigenvalue weighted by molar-refractivity contribution is 0.103. The molecule has 0 atom stereocenters. The third kappa shape index (κ3) is 2.67. The van der Waals surface area contributed by atoms with Gasteiger partial charge in [-0.1, -0.05) is 23.4 Å². The zero-order valence-electron chi connectivity index (χ0n) is 12.6. The van der Waals surface area contributed by atoms with Crippen LogP contribution in [0.4, 0.5) is 5.69 Å². The summed E-state index contributed by atoms with van der Waals surface area (Å²) in [5, 5.41) is 6.90. The van der Waals surface area contributed by atoms with Crippen LogP contribution in [-0.2, 0) is 0 Å². The van der Waals surface area contributed by atoms with Gasteiger partial charge in [-0.25, -0.2) is 0 Å². The van der Waals surface area contributed by atoms with E-state index in [1.54, 1.807) is 0 Å². The predicted molar refractivity (Wildman–Crippen MR) is 88.4 cm³/mol. The molecule has 0 saturated carbocycles. The number of amides is 1. The molecule has 0 aliphatic heterocycles. The van der Waals surface area contributed by atoms with Crippen LogP contribution < -0.4 is 5.32 Å². The lowest BCUT2D eigenvalue weighted by atomic mass is 10.2. The average Bonchev–Trinajstić information content (AvgIpc) is 3.08. The summed E-state index contributed by atoms with van der Waals surface area (Å²) < 4.78 is 5.19. The van der Waals surface area contributed by atoms with Gasteiger partial charge in [-0.15, -0.1) is 11.3 Å². The Morgan fingerprint density at radius 1 is 1.14 bits per heavy atom. The fourth-order valence-corrected chi connectivity index (χ4v) is 3.37. The Bertz CT molecular complexity index is 813. The maximum atomic E-state index is 12.4. The normalized spacial score (nSPS) is 10.7. The zero-order valence-corrected chi connectivity index (χ0v) is 13.5. The van der Waals surface area contributed by atoms with Crippen molar-refractivity contribution in [1.29, 1.82) is 0 Å². The second-order valence-electron chi connectivity index (χ2n) is 5.13. The number of hydrogen-bond donors (Lipinski definition) is 1. The Kier molecular flexibility index (Phi) is 3.81. The van der Waals surface area contributed by atoms with Crippen molar-refractivity contribution in [2.45, 2.75) is 20.8 Å². The summed E-state index contributed by atoms with van der Waals surface area (Å²) in [5.74, 6) is 0.669. The monoisotopic (exact) mass is 312 g/mol. The molecular formula is C17H16N2O2S. The van der Waals surface area contributed by atoms with Gasteiger partial charge in [0.25, 0.3) is 5.91 Å². The Morgan fingerprint density at radius 2 is 1.91 bits per heavy atom. The summed E-state index contributed by atoms with van der Waals surface area (Å²) in [4.78, 5) is 14.0. The molecule has 0 unspecified atom stereocenters. The number of aryl methyl sites for hydroxylation is 3. The summed E-state index contributed by atoms with van der Waals surface area (Å²) in [5.41, 5.74) is 3.68. The fourth-order valence-electron chi connectivity index (χ4n) is 2.33. The highest BCUT2D eigenvalue weighted by Crippen LogP contribution is 2.33. The second-order valence-corrected chi connectivity index (χ2v) is 6.22. The SMILES string of the molecule is Cc1ccccc1NC(=O)c1ccc(-c2c(C)noc2C)s1. The minimum Gasteiger partial charge on any atom is -0.361 e. The van der Waals surface area contributed by atoms with Gasteiger partial charge in [0, 0.05) is 10.6 Å². The van der Waals surface area contributed by atoms with Gasteiger partial charge in [-0.05, 0) is 44.5 Å². The highest BCUT2D eigenvalue weighted by molar-refractivity contribution is 7.17. The average molecular weight is 312 g/mol. The topological polar surface area (TPSA) is 55.1 Å². The first kappa shape index (κ1) is 14.5. The number of nitrogens with one attached hydrogen (secondary N) is 1. The maximum Gasteiger partial charge on any atom is 0.265 e. The number of aromatic nitrogens is 1. The summed E-state index contributed by atoms with van der Waals surface area (Å²) >= 11 is 1.44. The molecule has 112 valence electrons. The van der Waals surface area contributed by atoms with Crippen LogP contribution in [0.1, 0.15) is 26.7 Å². The molecule has 5 heteroatoms. The van der Waals surface area contributed by atoms with Gasteiger partial charge in [-0.3, -0.25) is 4.79 Å². The Labute approximate surface area is 132 Å². The molecule has 0 spiro atoms. The lowest BCUT2D eigenvalue weighted by Crippen LogP contribution is -2.10. The molecule has 3 aromatic rings. The predicted octanol–water partition coefficient (Wildman–Crippen LogP) is 4.58. The van der Waals surface area contributed by atoms with Crippen molar-refractivity contribution in [3.63, 3.8) is 0 Å². The number of nitrogens with zero attached hydrogens (tertiary/aromatic N) is 1. The van der Waals surface area contributed by atoms with Gasteiger partial charge >= 0.3 is 0 Å². The van der Waals surface area contributed by atoms with Gasteiger partial charge < -0.3 is 9.84 Å². The molecule has 0 bridgehead atoms. The molecule has 2 heterocycles. The smallest absolute Gasteiger partial charge is 0.265 e. The molecule has 2 aromatic heterocycles. The molecular weight excluding hydrogens is 296 g/mol. The summed E-state index contributed by atoms with van der Waals surface area (Å²) in [7, 11) is 0. The van der Waals surface area contributed by atoms with Crippen molar-refractivity contribution in [3.8, 4) is 10.4 Å². The molecule has 0 aliphatic rings. The first-order chi connectivity index (χ1) is 10.6. The van der Waals surface area contributed by atoms with Crippen LogP contribution in [0.15, 0.2) is 40.9 Å². The van der Waals surface area contributed by atoms with Gasteiger partial charge in [-0.2, -0.15) is 0 Å². The number of anilines is 1. The quantitative estimate of drug-likeness (QED) is 0.770. The highest BCUT2D eigenvalue weighted by atomic mass is 32.1. The van der Waals surface area contributed by atoms with Crippen molar-refractivity contribution in [3.05, 3.63) is 58.3 Å². The third-order valence-corrected chi connectivity index (χ3v) is 4.60. The van der Waals surface area contributed by atoms with E-state index in [1.165, 1.54) is 11.3 Å². The van der Waals surface area contributed by atoms with E-state index in [1.807, 2.05) is 57.2 Å². The number of rotatable bonds is 3. The van der Waals surface area contributed by atoms with Crippen LogP contribution in [0.25, 0.3) is 10.4 Å². The van der Waals surface area contributed by atoms with Gasteiger partial charge in [0.1, 0.15) is 5.76 Å². The second kappa shape index (κ2) is 5.77. The number of carbonyl (C=O) groups excluding carboxylic acids is 1. The Morgan fingerprint density at radius 3 is 2.59 bits per heavy atom. The van der Waals surface area contributed by atoms with Crippen molar-refractivity contribution in [1.82, 2.24) is 5.16 Å². The van der Waals surface area contributed by atoms with E-state index >= 15 is 0 Å². The molecule has 1 aromatic carbocycles. The molecule has 0 radical (unpaired) electrons. The largest absolute Gasteiger partial charge is 0.361 e. The number of benzene rings is 1. The molecule has 4 nitrogen and oxygen atoms in total. The first-order valence-corrected chi connectivity index (χ1v) is 7.78.